The molecular formula is C18H32N2O. The van der Waals surface area contributed by atoms with Gasteiger partial charge in [-0.15, -0.1) is 0 Å². The van der Waals surface area contributed by atoms with Crippen molar-refractivity contribution in [3.05, 3.63) is 18.0 Å². The van der Waals surface area contributed by atoms with E-state index in [0.29, 0.717) is 6.04 Å². The maximum absolute atomic E-state index is 9.89. The molecule has 0 spiro atoms. The lowest BCUT2D eigenvalue weighted by atomic mass is 9.77. The van der Waals surface area contributed by atoms with Crippen molar-refractivity contribution >= 4 is 0 Å². The zero-order chi connectivity index (χ0) is 15.1. The summed E-state index contributed by atoms with van der Waals surface area (Å²) in [5.41, 5.74) is 1.19. The first-order chi connectivity index (χ1) is 10.2. The molecule has 1 N–H and O–H groups in total. The van der Waals surface area contributed by atoms with Crippen LogP contribution in [0.4, 0.5) is 0 Å². The number of aliphatic hydroxyl groups excluding tert-OH is 1. The lowest BCUT2D eigenvalue weighted by molar-refractivity contribution is 0.106. The monoisotopic (exact) mass is 292 g/mol. The highest BCUT2D eigenvalue weighted by molar-refractivity contribution is 5.04. The summed E-state index contributed by atoms with van der Waals surface area (Å²) < 4.78 is 2.19. The molecule has 1 atom stereocenters. The van der Waals surface area contributed by atoms with Gasteiger partial charge in [-0.2, -0.15) is 5.10 Å². The summed E-state index contributed by atoms with van der Waals surface area (Å²) in [6.07, 6.45) is 14.2. The van der Waals surface area contributed by atoms with Crippen LogP contribution in [-0.4, -0.2) is 21.5 Å². The molecule has 1 fully saturated rings. The van der Waals surface area contributed by atoms with E-state index in [1.807, 2.05) is 0 Å². The Morgan fingerprint density at radius 3 is 2.67 bits per heavy atom. The van der Waals surface area contributed by atoms with Gasteiger partial charge in [0.2, 0.25) is 0 Å². The van der Waals surface area contributed by atoms with Crippen molar-refractivity contribution in [2.24, 2.45) is 5.41 Å². The van der Waals surface area contributed by atoms with Gasteiger partial charge in [0.15, 0.2) is 0 Å². The molecule has 21 heavy (non-hydrogen) atoms. The lowest BCUT2D eigenvalue weighted by Gasteiger charge is -2.30. The van der Waals surface area contributed by atoms with Gasteiger partial charge >= 0.3 is 0 Å². The number of hydrogen-bond acceptors (Lipinski definition) is 2. The van der Waals surface area contributed by atoms with Crippen LogP contribution >= 0.6 is 0 Å². The van der Waals surface area contributed by atoms with Crippen LogP contribution in [0.25, 0.3) is 0 Å². The third kappa shape index (κ3) is 4.32. The van der Waals surface area contributed by atoms with Crippen LogP contribution in [-0.2, 0) is 6.42 Å². The quantitative estimate of drug-likeness (QED) is 0.765. The van der Waals surface area contributed by atoms with Crippen molar-refractivity contribution in [1.29, 1.82) is 0 Å². The number of rotatable bonds is 8. The minimum Gasteiger partial charge on any atom is -0.396 e. The molecule has 2 rings (SSSR count). The van der Waals surface area contributed by atoms with Crippen LogP contribution < -0.4 is 0 Å². The van der Waals surface area contributed by atoms with Crippen LogP contribution in [0.15, 0.2) is 12.3 Å². The maximum atomic E-state index is 9.89. The van der Waals surface area contributed by atoms with Crippen molar-refractivity contribution in [3.8, 4) is 0 Å². The van der Waals surface area contributed by atoms with Gasteiger partial charge in [-0.3, -0.25) is 4.68 Å². The predicted octanol–water partition coefficient (Wildman–Crippen LogP) is 4.51. The Labute approximate surface area is 129 Å². The van der Waals surface area contributed by atoms with Gasteiger partial charge in [0.05, 0.1) is 11.7 Å². The summed E-state index contributed by atoms with van der Waals surface area (Å²) >= 11 is 0. The Hall–Kier alpha value is -0.830. The van der Waals surface area contributed by atoms with Crippen LogP contribution in [0.3, 0.4) is 0 Å². The fraction of sp³-hybridized carbons (Fsp3) is 0.833. The normalized spacial score (nSPS) is 19.6. The molecule has 120 valence electrons. The highest BCUT2D eigenvalue weighted by atomic mass is 16.3. The average Bonchev–Trinajstić information content (AvgIpc) is 3.01. The molecule has 0 aromatic carbocycles. The Morgan fingerprint density at radius 2 is 2.05 bits per heavy atom. The second-order valence-electron chi connectivity index (χ2n) is 6.87. The van der Waals surface area contributed by atoms with Gasteiger partial charge < -0.3 is 5.11 Å². The van der Waals surface area contributed by atoms with Crippen molar-refractivity contribution in [3.63, 3.8) is 0 Å². The highest BCUT2D eigenvalue weighted by Crippen LogP contribution is 2.33. The molecule has 1 aliphatic carbocycles. The maximum Gasteiger partial charge on any atom is 0.0631 e. The molecule has 0 radical (unpaired) electrons. The van der Waals surface area contributed by atoms with Crippen LogP contribution in [0, 0.1) is 5.41 Å². The average molecular weight is 292 g/mol. The van der Waals surface area contributed by atoms with E-state index >= 15 is 0 Å². The molecule has 3 nitrogen and oxygen atoms in total. The SMILES string of the molecule is CCCCC(CC)(CO)Cc1ccn(C2CCCCC2)n1. The Balaban J connectivity index is 2.01. The smallest absolute Gasteiger partial charge is 0.0631 e. The second-order valence-corrected chi connectivity index (χ2v) is 6.87. The number of unbranched alkanes of at least 4 members (excludes halogenated alkanes) is 1. The van der Waals surface area contributed by atoms with E-state index in [-0.39, 0.29) is 12.0 Å². The summed E-state index contributed by atoms with van der Waals surface area (Å²) in [5.74, 6) is 0. The first kappa shape index (κ1) is 16.5. The minimum absolute atomic E-state index is 0.0295. The molecule has 3 heteroatoms. The lowest BCUT2D eigenvalue weighted by Crippen LogP contribution is -2.28. The first-order valence-electron chi connectivity index (χ1n) is 8.88. The van der Waals surface area contributed by atoms with Crippen LogP contribution in [0.2, 0.25) is 0 Å². The first-order valence-corrected chi connectivity index (χ1v) is 8.88. The molecule has 0 aliphatic heterocycles. The molecule has 0 saturated heterocycles. The molecule has 1 aromatic rings. The summed E-state index contributed by atoms with van der Waals surface area (Å²) in [4.78, 5) is 0. The van der Waals surface area contributed by atoms with Gasteiger partial charge in [-0.05, 0) is 43.6 Å². The van der Waals surface area contributed by atoms with Gasteiger partial charge in [-0.25, -0.2) is 0 Å². The van der Waals surface area contributed by atoms with Crippen molar-refractivity contribution < 1.29 is 5.11 Å². The third-order valence-corrected chi connectivity index (χ3v) is 5.31. The number of aliphatic hydroxyl groups is 1. The van der Waals surface area contributed by atoms with Crippen LogP contribution in [0.5, 0.6) is 0 Å². The summed E-state index contributed by atoms with van der Waals surface area (Å²) in [5, 5.41) is 14.7. The molecule has 0 bridgehead atoms. The van der Waals surface area contributed by atoms with Crippen molar-refractivity contribution in [2.45, 2.75) is 84.1 Å². The Kier molecular flexibility index (Phi) is 6.28. The summed E-state index contributed by atoms with van der Waals surface area (Å²) in [6, 6.07) is 2.77. The van der Waals surface area contributed by atoms with E-state index in [1.165, 1.54) is 44.9 Å². The fourth-order valence-corrected chi connectivity index (χ4v) is 3.59. The van der Waals surface area contributed by atoms with Gasteiger partial charge in [0, 0.05) is 12.8 Å². The predicted molar refractivity (Wildman–Crippen MR) is 87.4 cm³/mol. The number of nitrogens with zero attached hydrogens (tertiary/aromatic N) is 2. The van der Waals surface area contributed by atoms with Crippen molar-refractivity contribution in [1.82, 2.24) is 9.78 Å². The zero-order valence-electron chi connectivity index (χ0n) is 13.9. The van der Waals surface area contributed by atoms with Crippen molar-refractivity contribution in [2.75, 3.05) is 6.61 Å². The van der Waals surface area contributed by atoms with Gasteiger partial charge in [-0.1, -0.05) is 46.0 Å². The highest BCUT2D eigenvalue weighted by Gasteiger charge is 2.28. The standard InChI is InChI=1S/C18H32N2O/c1-3-5-12-18(4-2,15-21)14-16-11-13-20(19-16)17-9-7-6-8-10-17/h11,13,17,21H,3-10,12,14-15H2,1-2H3. The summed E-state index contributed by atoms with van der Waals surface area (Å²) in [6.45, 7) is 4.69. The van der Waals surface area contributed by atoms with Gasteiger partial charge in [0.1, 0.15) is 0 Å². The number of aromatic nitrogens is 2. The molecular weight excluding hydrogens is 260 g/mol. The number of hydrogen-bond donors (Lipinski definition) is 1. The molecule has 1 heterocycles. The largest absolute Gasteiger partial charge is 0.396 e. The Bertz CT molecular complexity index is 403. The van der Waals surface area contributed by atoms with E-state index in [4.69, 9.17) is 5.10 Å². The van der Waals surface area contributed by atoms with Crippen LogP contribution in [0.1, 0.15) is 83.4 Å². The topological polar surface area (TPSA) is 38.0 Å². The minimum atomic E-state index is 0.0295. The fourth-order valence-electron chi connectivity index (χ4n) is 3.59. The zero-order valence-corrected chi connectivity index (χ0v) is 13.9. The Morgan fingerprint density at radius 1 is 1.29 bits per heavy atom. The van der Waals surface area contributed by atoms with E-state index in [9.17, 15) is 5.11 Å². The molecule has 1 aliphatic rings. The van der Waals surface area contributed by atoms with E-state index in [0.717, 1.165) is 25.0 Å². The third-order valence-electron chi connectivity index (χ3n) is 5.31. The molecule has 1 unspecified atom stereocenters. The molecule has 1 saturated carbocycles. The summed E-state index contributed by atoms with van der Waals surface area (Å²) in [7, 11) is 0. The van der Waals surface area contributed by atoms with Gasteiger partial charge in [0.25, 0.3) is 0 Å². The second kappa shape index (κ2) is 7.98. The molecule has 1 aromatic heterocycles. The van der Waals surface area contributed by atoms with E-state index < -0.39 is 0 Å². The van der Waals surface area contributed by atoms with E-state index in [2.05, 4.69) is 30.8 Å². The van der Waals surface area contributed by atoms with E-state index in [1.54, 1.807) is 0 Å². The molecule has 0 amide bonds.